The van der Waals surface area contributed by atoms with Crippen molar-refractivity contribution in [3.05, 3.63) is 70.0 Å². The van der Waals surface area contributed by atoms with Crippen molar-refractivity contribution < 1.29 is 13.2 Å². The van der Waals surface area contributed by atoms with Gasteiger partial charge in [-0.3, -0.25) is 4.79 Å². The smallest absolute Gasteiger partial charge is 0.241 e. The molecule has 0 radical (unpaired) electrons. The number of benzene rings is 2. The quantitative estimate of drug-likeness (QED) is 0.612. The van der Waals surface area contributed by atoms with E-state index in [1.165, 1.54) is 11.3 Å². The lowest BCUT2D eigenvalue weighted by Crippen LogP contribution is -2.23. The minimum absolute atomic E-state index is 0.180. The van der Waals surface area contributed by atoms with E-state index in [9.17, 15) is 13.2 Å². The Kier molecular flexibility index (Phi) is 5.85. The number of nitrogens with zero attached hydrogens (tertiary/aromatic N) is 1. The summed E-state index contributed by atoms with van der Waals surface area (Å²) in [6, 6.07) is 16.5. The molecule has 0 unspecified atom stereocenters. The van der Waals surface area contributed by atoms with Gasteiger partial charge in [-0.15, -0.1) is 11.3 Å². The molecule has 1 amide bonds. The van der Waals surface area contributed by atoms with Crippen molar-refractivity contribution in [1.29, 1.82) is 0 Å². The lowest BCUT2D eigenvalue weighted by molar-refractivity contribution is -0.113. The van der Waals surface area contributed by atoms with Crippen LogP contribution in [0.15, 0.2) is 64.5 Å². The molecular weight excluding hydrogens is 436 g/mol. The third-order valence-corrected chi connectivity index (χ3v) is 6.23. The van der Waals surface area contributed by atoms with E-state index in [4.69, 9.17) is 0 Å². The van der Waals surface area contributed by atoms with Gasteiger partial charge in [-0.2, -0.15) is 0 Å². The number of hydrogen-bond acceptors (Lipinski definition) is 5. The number of thiazole rings is 1. The molecule has 1 heterocycles. The molecule has 0 saturated heterocycles. The molecule has 3 aromatic rings. The fourth-order valence-electron chi connectivity index (χ4n) is 2.31. The molecule has 0 spiro atoms. The molecule has 0 atom stereocenters. The van der Waals surface area contributed by atoms with Crippen molar-refractivity contribution in [2.75, 3.05) is 11.1 Å². The summed E-state index contributed by atoms with van der Waals surface area (Å²) in [5, 5.41) is 4.77. The number of halogens is 1. The van der Waals surface area contributed by atoms with Gasteiger partial charge in [0.1, 0.15) is 5.75 Å². The lowest BCUT2D eigenvalue weighted by Gasteiger charge is -2.05. The average molecular weight is 451 g/mol. The Morgan fingerprint density at radius 3 is 2.46 bits per heavy atom. The van der Waals surface area contributed by atoms with Crippen molar-refractivity contribution in [1.82, 2.24) is 4.98 Å². The van der Waals surface area contributed by atoms with Crippen LogP contribution in [0.3, 0.4) is 0 Å². The molecular formula is C18H15BrN2O3S2. The van der Waals surface area contributed by atoms with E-state index in [0.717, 1.165) is 15.7 Å². The van der Waals surface area contributed by atoms with Gasteiger partial charge in [-0.25, -0.2) is 13.4 Å². The van der Waals surface area contributed by atoms with Crippen molar-refractivity contribution >= 4 is 48.1 Å². The summed E-state index contributed by atoms with van der Waals surface area (Å²) in [5.74, 6) is -1.35. The molecule has 3 rings (SSSR count). The van der Waals surface area contributed by atoms with Crippen LogP contribution in [0.1, 0.15) is 5.56 Å². The van der Waals surface area contributed by atoms with Gasteiger partial charge in [-0.1, -0.05) is 58.4 Å². The Balaban J connectivity index is 1.61. The summed E-state index contributed by atoms with van der Waals surface area (Å²) >= 11 is 4.56. The van der Waals surface area contributed by atoms with Gasteiger partial charge < -0.3 is 5.32 Å². The highest BCUT2D eigenvalue weighted by Crippen LogP contribution is 2.24. The SMILES string of the molecule is O=C(CS(=O)(=O)Cc1ccc(Br)cc1)Nc1nc(-c2ccccc2)cs1. The first-order chi connectivity index (χ1) is 12.4. The number of hydrogen-bond donors (Lipinski definition) is 1. The highest BCUT2D eigenvalue weighted by molar-refractivity contribution is 9.10. The number of rotatable bonds is 6. The lowest BCUT2D eigenvalue weighted by atomic mass is 10.2. The number of carbonyl (C=O) groups is 1. The number of nitrogens with one attached hydrogen (secondary N) is 1. The van der Waals surface area contributed by atoms with Crippen LogP contribution in [0.2, 0.25) is 0 Å². The first kappa shape index (κ1) is 18.8. The van der Waals surface area contributed by atoms with Crippen molar-refractivity contribution in [2.24, 2.45) is 0 Å². The predicted octanol–water partition coefficient (Wildman–Crippen LogP) is 4.13. The van der Waals surface area contributed by atoms with Crippen LogP contribution in [0.4, 0.5) is 5.13 Å². The molecule has 5 nitrogen and oxygen atoms in total. The van der Waals surface area contributed by atoms with Crippen LogP contribution in [-0.4, -0.2) is 25.1 Å². The molecule has 0 aliphatic carbocycles. The third kappa shape index (κ3) is 5.23. The van der Waals surface area contributed by atoms with E-state index in [-0.39, 0.29) is 5.75 Å². The van der Waals surface area contributed by atoms with Crippen LogP contribution in [0.25, 0.3) is 11.3 Å². The summed E-state index contributed by atoms with van der Waals surface area (Å²) in [4.78, 5) is 16.4. The van der Waals surface area contributed by atoms with Crippen molar-refractivity contribution in [3.8, 4) is 11.3 Å². The summed E-state index contributed by atoms with van der Waals surface area (Å²) in [6.45, 7) is 0. The number of aromatic nitrogens is 1. The fourth-order valence-corrected chi connectivity index (χ4v) is 4.59. The number of amides is 1. The Hall–Kier alpha value is -2.03. The summed E-state index contributed by atoms with van der Waals surface area (Å²) < 4.78 is 25.3. The highest BCUT2D eigenvalue weighted by Gasteiger charge is 2.18. The summed E-state index contributed by atoms with van der Waals surface area (Å²) in [7, 11) is -3.56. The molecule has 2 aromatic carbocycles. The number of anilines is 1. The molecule has 0 aliphatic rings. The van der Waals surface area contributed by atoms with E-state index in [2.05, 4.69) is 26.2 Å². The average Bonchev–Trinajstić information content (AvgIpc) is 3.05. The minimum Gasteiger partial charge on any atom is -0.301 e. The van der Waals surface area contributed by atoms with E-state index in [0.29, 0.717) is 10.7 Å². The normalized spacial score (nSPS) is 11.3. The monoisotopic (exact) mass is 450 g/mol. The Morgan fingerprint density at radius 2 is 1.77 bits per heavy atom. The van der Waals surface area contributed by atoms with Gasteiger partial charge in [-0.05, 0) is 17.7 Å². The van der Waals surface area contributed by atoms with E-state index in [1.807, 2.05) is 35.7 Å². The second-order valence-corrected chi connectivity index (χ2v) is 9.45. The molecule has 26 heavy (non-hydrogen) atoms. The Bertz CT molecular complexity index is 1000. The molecule has 134 valence electrons. The van der Waals surface area contributed by atoms with Gasteiger partial charge in [0.05, 0.1) is 11.4 Å². The molecule has 1 aromatic heterocycles. The second-order valence-electron chi connectivity index (χ2n) is 5.61. The number of carbonyl (C=O) groups excluding carboxylic acids is 1. The molecule has 1 N–H and O–H groups in total. The molecule has 0 saturated carbocycles. The van der Waals surface area contributed by atoms with Gasteiger partial charge in [0, 0.05) is 15.4 Å². The van der Waals surface area contributed by atoms with Gasteiger partial charge in [0.25, 0.3) is 0 Å². The van der Waals surface area contributed by atoms with Crippen molar-refractivity contribution in [2.45, 2.75) is 5.75 Å². The van der Waals surface area contributed by atoms with E-state index in [1.54, 1.807) is 24.3 Å². The zero-order valence-corrected chi connectivity index (χ0v) is 16.8. The maximum absolute atomic E-state index is 12.2. The summed E-state index contributed by atoms with van der Waals surface area (Å²) in [6.07, 6.45) is 0. The maximum Gasteiger partial charge on any atom is 0.241 e. The standard InChI is InChI=1S/C18H15BrN2O3S2/c19-15-8-6-13(7-9-15)11-26(23,24)12-17(22)21-18-20-16(10-25-18)14-4-2-1-3-5-14/h1-10H,11-12H2,(H,20,21,22). The highest BCUT2D eigenvalue weighted by atomic mass is 79.9. The second kappa shape index (κ2) is 8.11. The predicted molar refractivity (Wildman–Crippen MR) is 108 cm³/mol. The first-order valence-corrected chi connectivity index (χ1v) is 11.2. The minimum atomic E-state index is -3.56. The topological polar surface area (TPSA) is 76.1 Å². The van der Waals surface area contributed by atoms with Crippen LogP contribution in [0.5, 0.6) is 0 Å². The van der Waals surface area contributed by atoms with Crippen LogP contribution < -0.4 is 5.32 Å². The van der Waals surface area contributed by atoms with Crippen molar-refractivity contribution in [3.63, 3.8) is 0 Å². The Labute approximate surface area is 164 Å². The summed E-state index contributed by atoms with van der Waals surface area (Å²) in [5.41, 5.74) is 2.32. The molecule has 0 aliphatic heterocycles. The van der Waals surface area contributed by atoms with Gasteiger partial charge >= 0.3 is 0 Å². The zero-order chi connectivity index (χ0) is 18.6. The van der Waals surface area contributed by atoms with Gasteiger partial charge in [0.15, 0.2) is 15.0 Å². The fraction of sp³-hybridized carbons (Fsp3) is 0.111. The first-order valence-electron chi connectivity index (χ1n) is 7.67. The van der Waals surface area contributed by atoms with Crippen LogP contribution >= 0.6 is 27.3 Å². The maximum atomic E-state index is 12.2. The molecule has 0 bridgehead atoms. The molecule has 8 heteroatoms. The Morgan fingerprint density at radius 1 is 1.08 bits per heavy atom. The van der Waals surface area contributed by atoms with E-state index < -0.39 is 21.5 Å². The van der Waals surface area contributed by atoms with Crippen LogP contribution in [-0.2, 0) is 20.4 Å². The van der Waals surface area contributed by atoms with Gasteiger partial charge in [0.2, 0.25) is 5.91 Å². The number of sulfone groups is 1. The largest absolute Gasteiger partial charge is 0.301 e. The zero-order valence-electron chi connectivity index (χ0n) is 13.6. The van der Waals surface area contributed by atoms with E-state index >= 15 is 0 Å². The van der Waals surface area contributed by atoms with Crippen LogP contribution in [0, 0.1) is 0 Å². The third-order valence-electron chi connectivity index (χ3n) is 3.47. The molecule has 0 fully saturated rings.